The Morgan fingerprint density at radius 3 is 2.52 bits per heavy atom. The van der Waals surface area contributed by atoms with E-state index in [9.17, 15) is 9.18 Å². The highest BCUT2D eigenvalue weighted by Gasteiger charge is 2.44. The van der Waals surface area contributed by atoms with Crippen LogP contribution in [-0.4, -0.2) is 30.4 Å². The molecule has 0 unspecified atom stereocenters. The number of aryl methyl sites for hydroxylation is 1. The molecule has 3 aromatic heterocycles. The molecule has 8 heteroatoms. The molecule has 154 valence electrons. The average Bonchev–Trinajstić information content (AvgIpc) is 3.32. The molecule has 5 rings (SSSR count). The fourth-order valence-electron chi connectivity index (χ4n) is 3.85. The Morgan fingerprint density at radius 2 is 1.77 bits per heavy atom. The highest BCUT2D eigenvalue weighted by Crippen LogP contribution is 2.46. The van der Waals surface area contributed by atoms with Crippen LogP contribution in [0.3, 0.4) is 0 Å². The first-order valence-electron chi connectivity index (χ1n) is 9.78. The number of fused-ring (bicyclic) bond motifs is 1. The van der Waals surface area contributed by atoms with Crippen LogP contribution < -0.4 is 4.90 Å². The zero-order valence-corrected chi connectivity index (χ0v) is 17.2. The lowest BCUT2D eigenvalue weighted by Crippen LogP contribution is -2.33. The minimum Gasteiger partial charge on any atom is -0.303 e. The Bertz CT molecular complexity index is 1310. The van der Waals surface area contributed by atoms with Gasteiger partial charge >= 0.3 is 0 Å². The first-order chi connectivity index (χ1) is 14.9. The molecule has 1 aromatic carbocycles. The van der Waals surface area contributed by atoms with Gasteiger partial charge in [0.1, 0.15) is 12.2 Å². The molecule has 0 saturated carbocycles. The van der Waals surface area contributed by atoms with Gasteiger partial charge < -0.3 is 4.57 Å². The molecule has 0 fully saturated rings. The minimum absolute atomic E-state index is 0.0449. The summed E-state index contributed by atoms with van der Waals surface area (Å²) in [6.45, 7) is 5.61. The molecule has 0 spiro atoms. The third kappa shape index (κ3) is 2.99. The molecule has 4 aromatic rings. The summed E-state index contributed by atoms with van der Waals surface area (Å²) >= 11 is 0. The summed E-state index contributed by atoms with van der Waals surface area (Å²) in [4.78, 5) is 31.6. The first kappa shape index (κ1) is 19.0. The van der Waals surface area contributed by atoms with Crippen molar-refractivity contribution in [2.75, 3.05) is 4.90 Å². The van der Waals surface area contributed by atoms with Gasteiger partial charge in [0.25, 0.3) is 0 Å². The highest BCUT2D eigenvalue weighted by molar-refractivity contribution is 6.12. The predicted octanol–water partition coefficient (Wildman–Crippen LogP) is 4.13. The van der Waals surface area contributed by atoms with Crippen molar-refractivity contribution >= 4 is 17.3 Å². The summed E-state index contributed by atoms with van der Waals surface area (Å²) < 4.78 is 15.7. The number of pyridine rings is 1. The van der Waals surface area contributed by atoms with Crippen molar-refractivity contribution < 1.29 is 9.18 Å². The van der Waals surface area contributed by atoms with Crippen molar-refractivity contribution in [3.8, 4) is 16.9 Å². The van der Waals surface area contributed by atoms with Gasteiger partial charge in [0.05, 0.1) is 46.8 Å². The molecular weight excluding hydrogens is 395 g/mol. The molecule has 0 N–H and O–H groups in total. The third-order valence-corrected chi connectivity index (χ3v) is 5.58. The van der Waals surface area contributed by atoms with E-state index < -0.39 is 11.2 Å². The van der Waals surface area contributed by atoms with E-state index in [1.807, 2.05) is 32.0 Å². The second kappa shape index (κ2) is 6.80. The number of hydrogen-bond acceptors (Lipinski definition) is 5. The van der Waals surface area contributed by atoms with E-state index in [0.717, 1.165) is 16.8 Å². The van der Waals surface area contributed by atoms with Crippen molar-refractivity contribution in [2.45, 2.75) is 26.2 Å². The molecule has 0 atom stereocenters. The number of aromatic nitrogens is 5. The maximum Gasteiger partial charge on any atom is 0.241 e. The van der Waals surface area contributed by atoms with Crippen LogP contribution in [0.4, 0.5) is 15.8 Å². The maximum atomic E-state index is 14.1. The van der Waals surface area contributed by atoms with Crippen LogP contribution in [0.5, 0.6) is 0 Å². The molecule has 0 aliphatic carbocycles. The number of carbonyl (C=O) groups excluding carboxylic acids is 1. The minimum atomic E-state index is -0.682. The molecule has 1 aliphatic heterocycles. The number of rotatable bonds is 3. The van der Waals surface area contributed by atoms with Gasteiger partial charge in [-0.15, -0.1) is 0 Å². The molecule has 31 heavy (non-hydrogen) atoms. The van der Waals surface area contributed by atoms with E-state index in [4.69, 9.17) is 0 Å². The summed E-state index contributed by atoms with van der Waals surface area (Å²) in [6, 6.07) is 7.39. The monoisotopic (exact) mass is 414 g/mol. The van der Waals surface area contributed by atoms with E-state index >= 15 is 0 Å². The zero-order valence-electron chi connectivity index (χ0n) is 17.2. The van der Waals surface area contributed by atoms with Gasteiger partial charge in [-0.05, 0) is 38.5 Å². The molecule has 0 saturated heterocycles. The lowest BCUT2D eigenvalue weighted by molar-refractivity contribution is -0.121. The summed E-state index contributed by atoms with van der Waals surface area (Å²) in [6.07, 6.45) is 9.31. The van der Waals surface area contributed by atoms with Crippen LogP contribution >= 0.6 is 0 Å². The summed E-state index contributed by atoms with van der Waals surface area (Å²) in [7, 11) is 0. The van der Waals surface area contributed by atoms with Crippen molar-refractivity contribution in [1.82, 2.24) is 24.5 Å². The van der Waals surface area contributed by atoms with Crippen molar-refractivity contribution in [2.24, 2.45) is 0 Å². The predicted molar refractivity (Wildman–Crippen MR) is 114 cm³/mol. The lowest BCUT2D eigenvalue weighted by atomic mass is 9.86. The van der Waals surface area contributed by atoms with Crippen LogP contribution in [0.2, 0.25) is 0 Å². The largest absolute Gasteiger partial charge is 0.303 e. The highest BCUT2D eigenvalue weighted by atomic mass is 19.1. The van der Waals surface area contributed by atoms with Gasteiger partial charge in [-0.1, -0.05) is 12.1 Å². The van der Waals surface area contributed by atoms with E-state index in [0.29, 0.717) is 22.9 Å². The molecule has 7 nitrogen and oxygen atoms in total. The van der Waals surface area contributed by atoms with Crippen LogP contribution in [-0.2, 0) is 10.2 Å². The van der Waals surface area contributed by atoms with Gasteiger partial charge in [0, 0.05) is 18.0 Å². The van der Waals surface area contributed by atoms with Crippen LogP contribution in [0.15, 0.2) is 61.6 Å². The van der Waals surface area contributed by atoms with Crippen LogP contribution in [0.1, 0.15) is 25.2 Å². The molecule has 0 radical (unpaired) electrons. The summed E-state index contributed by atoms with van der Waals surface area (Å²) in [5, 5.41) is 0. The topological polar surface area (TPSA) is 76.8 Å². The van der Waals surface area contributed by atoms with Crippen LogP contribution in [0.25, 0.3) is 16.9 Å². The number of carbonyl (C=O) groups is 1. The average molecular weight is 414 g/mol. The van der Waals surface area contributed by atoms with Gasteiger partial charge in [-0.25, -0.2) is 19.3 Å². The lowest BCUT2D eigenvalue weighted by Gasteiger charge is -2.20. The Kier molecular flexibility index (Phi) is 4.18. The van der Waals surface area contributed by atoms with Gasteiger partial charge in [0.15, 0.2) is 5.82 Å². The van der Waals surface area contributed by atoms with E-state index in [2.05, 4.69) is 19.9 Å². The van der Waals surface area contributed by atoms with Crippen molar-refractivity contribution in [1.29, 1.82) is 0 Å². The van der Waals surface area contributed by atoms with Gasteiger partial charge in [-0.2, -0.15) is 0 Å². The SMILES string of the molecule is Cc1ncc(N2C(=O)C(C)(C)c3ccc(-c4cn(-c5ccncc5F)cn4)cc32)cn1. The number of halogens is 1. The van der Waals surface area contributed by atoms with E-state index in [1.165, 1.54) is 12.4 Å². The number of amides is 1. The standard InChI is InChI=1S/C23H19FN6O/c1-14-26-9-16(10-27-14)30-21-8-15(4-5-17(21)23(2,3)22(30)31)19-12-29(13-28-19)20-6-7-25-11-18(20)24/h4-13H,1-3H3. The van der Waals surface area contributed by atoms with Crippen molar-refractivity contribution in [3.05, 3.63) is 78.8 Å². The quantitative estimate of drug-likeness (QED) is 0.504. The fourth-order valence-corrected chi connectivity index (χ4v) is 3.85. The van der Waals surface area contributed by atoms with Gasteiger partial charge in [-0.3, -0.25) is 14.7 Å². The van der Waals surface area contributed by atoms with Gasteiger partial charge in [0.2, 0.25) is 5.91 Å². The zero-order chi connectivity index (χ0) is 21.8. The Hall–Kier alpha value is -3.94. The Balaban J connectivity index is 1.60. The van der Waals surface area contributed by atoms with Crippen LogP contribution in [0, 0.1) is 12.7 Å². The second-order valence-corrected chi connectivity index (χ2v) is 7.98. The molecule has 4 heterocycles. The normalized spacial score (nSPS) is 14.7. The number of hydrogen-bond donors (Lipinski definition) is 0. The summed E-state index contributed by atoms with van der Waals surface area (Å²) in [5.41, 5.74) is 3.46. The molecule has 1 amide bonds. The maximum absolute atomic E-state index is 14.1. The Morgan fingerprint density at radius 1 is 1.00 bits per heavy atom. The van der Waals surface area contributed by atoms with E-state index in [1.54, 1.807) is 47.4 Å². The number of imidazole rings is 1. The number of benzene rings is 1. The molecule has 0 bridgehead atoms. The molecule has 1 aliphatic rings. The molecular formula is C23H19FN6O. The first-order valence-corrected chi connectivity index (χ1v) is 9.78. The third-order valence-electron chi connectivity index (χ3n) is 5.58. The number of nitrogens with zero attached hydrogens (tertiary/aromatic N) is 6. The second-order valence-electron chi connectivity index (χ2n) is 7.98. The fraction of sp³-hybridized carbons (Fsp3) is 0.174. The smallest absolute Gasteiger partial charge is 0.241 e. The van der Waals surface area contributed by atoms with Crippen molar-refractivity contribution in [3.63, 3.8) is 0 Å². The number of anilines is 2. The summed E-state index contributed by atoms with van der Waals surface area (Å²) in [5.74, 6) is 0.160. The van der Waals surface area contributed by atoms with E-state index in [-0.39, 0.29) is 5.91 Å². The Labute approximate surface area is 178 Å².